The molecule has 3 aromatic rings. The smallest absolute Gasteiger partial charge is 0.324 e. The molecule has 9 heteroatoms. The highest BCUT2D eigenvalue weighted by atomic mass is 32.2. The van der Waals surface area contributed by atoms with Gasteiger partial charge in [0.05, 0.1) is 5.25 Å². The van der Waals surface area contributed by atoms with Crippen LogP contribution in [0.25, 0.3) is 22.3 Å². The average Bonchev–Trinajstić information content (AvgIpc) is 3.11. The number of thioether (sulfide) groups is 1. The molecule has 1 atom stereocenters. The van der Waals surface area contributed by atoms with Gasteiger partial charge in [-0.05, 0) is 25.8 Å². The highest BCUT2D eigenvalue weighted by Gasteiger charge is 2.34. The number of rotatable bonds is 5. The van der Waals surface area contributed by atoms with Crippen LogP contribution in [0.5, 0.6) is 0 Å². The van der Waals surface area contributed by atoms with Gasteiger partial charge in [-0.2, -0.15) is 0 Å². The van der Waals surface area contributed by atoms with Gasteiger partial charge in [-0.3, -0.25) is 14.3 Å². The van der Waals surface area contributed by atoms with Gasteiger partial charge < -0.3 is 10.3 Å². The van der Waals surface area contributed by atoms with Crippen molar-refractivity contribution in [3.8, 4) is 11.4 Å². The standard InChI is InChI=1S/C19H20N6O2S/c1-11(17(26)24-9-8-20-18(24)27)28-19-23-22-16(25(19)12-6-7-12)14-10-21-15-5-3-2-4-13(14)15/h2-5,10-12,21H,6-9H2,1H3,(H,20,27). The molecule has 1 unspecified atom stereocenters. The Morgan fingerprint density at radius 2 is 2.11 bits per heavy atom. The van der Waals surface area contributed by atoms with Crippen molar-refractivity contribution in [3.63, 3.8) is 0 Å². The summed E-state index contributed by atoms with van der Waals surface area (Å²) in [5.41, 5.74) is 2.07. The largest absolute Gasteiger partial charge is 0.360 e. The molecular weight excluding hydrogens is 376 g/mol. The lowest BCUT2D eigenvalue weighted by atomic mass is 10.1. The van der Waals surface area contributed by atoms with E-state index < -0.39 is 5.25 Å². The molecule has 5 rings (SSSR count). The van der Waals surface area contributed by atoms with E-state index in [9.17, 15) is 9.59 Å². The summed E-state index contributed by atoms with van der Waals surface area (Å²) in [5.74, 6) is 0.625. The predicted molar refractivity (Wildman–Crippen MR) is 106 cm³/mol. The summed E-state index contributed by atoms with van der Waals surface area (Å²) in [5, 5.41) is 12.9. The van der Waals surface area contributed by atoms with Crippen LogP contribution in [0.1, 0.15) is 25.8 Å². The van der Waals surface area contributed by atoms with Gasteiger partial charge >= 0.3 is 6.03 Å². The number of carbonyl (C=O) groups is 2. The number of benzene rings is 1. The average molecular weight is 396 g/mol. The second-order valence-corrected chi connectivity index (χ2v) is 8.45. The van der Waals surface area contributed by atoms with Crippen LogP contribution in [-0.4, -0.2) is 54.9 Å². The van der Waals surface area contributed by atoms with Gasteiger partial charge in [-0.25, -0.2) is 4.79 Å². The maximum atomic E-state index is 12.6. The molecule has 3 heterocycles. The normalized spacial score (nSPS) is 17.9. The third-order valence-electron chi connectivity index (χ3n) is 5.16. The number of carbonyl (C=O) groups excluding carboxylic acids is 2. The molecule has 0 spiro atoms. The van der Waals surface area contributed by atoms with E-state index in [-0.39, 0.29) is 11.9 Å². The molecule has 1 saturated heterocycles. The molecule has 0 radical (unpaired) electrons. The number of hydrogen-bond donors (Lipinski definition) is 2. The fourth-order valence-electron chi connectivity index (χ4n) is 3.57. The molecule has 1 aliphatic heterocycles. The van der Waals surface area contributed by atoms with Crippen LogP contribution in [0.4, 0.5) is 4.79 Å². The topological polar surface area (TPSA) is 95.9 Å². The minimum Gasteiger partial charge on any atom is -0.360 e. The second-order valence-electron chi connectivity index (χ2n) is 7.14. The molecule has 2 fully saturated rings. The molecule has 3 amide bonds. The summed E-state index contributed by atoms with van der Waals surface area (Å²) in [7, 11) is 0. The number of urea groups is 1. The SMILES string of the molecule is CC(Sc1nnc(-c2c[nH]c3ccccc23)n1C1CC1)C(=O)N1CCNC1=O. The van der Waals surface area contributed by atoms with Crippen molar-refractivity contribution in [2.75, 3.05) is 13.1 Å². The van der Waals surface area contributed by atoms with Crippen LogP contribution < -0.4 is 5.32 Å². The van der Waals surface area contributed by atoms with Crippen LogP contribution in [0, 0.1) is 0 Å². The first-order chi connectivity index (χ1) is 13.6. The second kappa shape index (κ2) is 6.66. The molecule has 2 aromatic heterocycles. The van der Waals surface area contributed by atoms with E-state index in [1.165, 1.54) is 16.7 Å². The van der Waals surface area contributed by atoms with E-state index in [0.717, 1.165) is 40.3 Å². The first-order valence-electron chi connectivity index (χ1n) is 9.40. The van der Waals surface area contributed by atoms with E-state index in [0.29, 0.717) is 19.1 Å². The summed E-state index contributed by atoms with van der Waals surface area (Å²) >= 11 is 1.37. The number of nitrogens with zero attached hydrogens (tertiary/aromatic N) is 4. The summed E-state index contributed by atoms with van der Waals surface area (Å²) in [6, 6.07) is 8.15. The Hall–Kier alpha value is -2.81. The van der Waals surface area contributed by atoms with Crippen molar-refractivity contribution >= 4 is 34.6 Å². The van der Waals surface area contributed by atoms with E-state index in [2.05, 4.69) is 31.1 Å². The fraction of sp³-hybridized carbons (Fsp3) is 0.368. The van der Waals surface area contributed by atoms with Gasteiger partial charge in [0.1, 0.15) is 0 Å². The zero-order valence-electron chi connectivity index (χ0n) is 15.4. The number of aromatic amines is 1. The van der Waals surface area contributed by atoms with Gasteiger partial charge in [-0.1, -0.05) is 30.0 Å². The number of fused-ring (bicyclic) bond motifs is 1. The molecule has 1 saturated carbocycles. The zero-order valence-corrected chi connectivity index (χ0v) is 16.2. The summed E-state index contributed by atoms with van der Waals surface area (Å²) in [6.07, 6.45) is 4.13. The Bertz CT molecular complexity index is 1070. The van der Waals surface area contributed by atoms with Crippen LogP contribution >= 0.6 is 11.8 Å². The molecule has 0 bridgehead atoms. The quantitative estimate of drug-likeness (QED) is 0.647. The van der Waals surface area contributed by atoms with E-state index in [1.807, 2.05) is 31.3 Å². The van der Waals surface area contributed by atoms with Crippen molar-refractivity contribution in [3.05, 3.63) is 30.5 Å². The maximum absolute atomic E-state index is 12.6. The van der Waals surface area contributed by atoms with Crippen molar-refractivity contribution < 1.29 is 9.59 Å². The molecule has 8 nitrogen and oxygen atoms in total. The number of imide groups is 1. The van der Waals surface area contributed by atoms with E-state index in [1.54, 1.807) is 0 Å². The Labute approximate surface area is 165 Å². The Balaban J connectivity index is 1.46. The monoisotopic (exact) mass is 396 g/mol. The van der Waals surface area contributed by atoms with Crippen molar-refractivity contribution in [2.24, 2.45) is 0 Å². The first-order valence-corrected chi connectivity index (χ1v) is 10.3. The minimum absolute atomic E-state index is 0.195. The lowest BCUT2D eigenvalue weighted by Crippen LogP contribution is -2.39. The predicted octanol–water partition coefficient (Wildman–Crippen LogP) is 2.79. The van der Waals surface area contributed by atoms with Crippen molar-refractivity contribution in [2.45, 2.75) is 36.2 Å². The molecule has 1 aromatic carbocycles. The number of amides is 3. The Morgan fingerprint density at radius 3 is 2.86 bits per heavy atom. The van der Waals surface area contributed by atoms with Crippen LogP contribution in [0.2, 0.25) is 0 Å². The fourth-order valence-corrected chi connectivity index (χ4v) is 4.55. The molecule has 2 N–H and O–H groups in total. The highest BCUT2D eigenvalue weighted by molar-refractivity contribution is 8.00. The first kappa shape index (κ1) is 17.3. The van der Waals surface area contributed by atoms with Gasteiger partial charge in [0.2, 0.25) is 5.91 Å². The third-order valence-corrected chi connectivity index (χ3v) is 6.20. The molecule has 1 aliphatic carbocycles. The van der Waals surface area contributed by atoms with Crippen LogP contribution in [0.3, 0.4) is 0 Å². The van der Waals surface area contributed by atoms with Gasteiger partial charge in [-0.15, -0.1) is 10.2 Å². The van der Waals surface area contributed by atoms with Crippen molar-refractivity contribution in [1.29, 1.82) is 0 Å². The van der Waals surface area contributed by atoms with Gasteiger partial charge in [0.25, 0.3) is 0 Å². The maximum Gasteiger partial charge on any atom is 0.324 e. The number of aromatic nitrogens is 4. The summed E-state index contributed by atoms with van der Waals surface area (Å²) in [4.78, 5) is 29.0. The highest BCUT2D eigenvalue weighted by Crippen LogP contribution is 2.42. The lowest BCUT2D eigenvalue weighted by Gasteiger charge is -2.17. The number of hydrogen-bond acceptors (Lipinski definition) is 5. The molecule has 28 heavy (non-hydrogen) atoms. The Morgan fingerprint density at radius 1 is 1.29 bits per heavy atom. The van der Waals surface area contributed by atoms with Crippen LogP contribution in [-0.2, 0) is 4.79 Å². The van der Waals surface area contributed by atoms with Crippen LogP contribution in [0.15, 0.2) is 35.6 Å². The number of para-hydroxylation sites is 1. The Kier molecular flexibility index (Phi) is 4.12. The van der Waals surface area contributed by atoms with Crippen molar-refractivity contribution in [1.82, 2.24) is 30.0 Å². The van der Waals surface area contributed by atoms with Gasteiger partial charge in [0, 0.05) is 41.8 Å². The zero-order chi connectivity index (χ0) is 19.3. The summed E-state index contributed by atoms with van der Waals surface area (Å²) in [6.45, 7) is 2.74. The van der Waals surface area contributed by atoms with Gasteiger partial charge in [0.15, 0.2) is 11.0 Å². The van der Waals surface area contributed by atoms with E-state index >= 15 is 0 Å². The third kappa shape index (κ3) is 2.86. The molecule has 2 aliphatic rings. The minimum atomic E-state index is -0.415. The molecular formula is C19H20N6O2S. The number of H-pyrrole nitrogens is 1. The molecule has 144 valence electrons. The lowest BCUT2D eigenvalue weighted by molar-refractivity contribution is -0.126. The number of nitrogens with one attached hydrogen (secondary N) is 2. The van der Waals surface area contributed by atoms with E-state index in [4.69, 9.17) is 0 Å². The summed E-state index contributed by atoms with van der Waals surface area (Å²) < 4.78 is 2.15.